The summed E-state index contributed by atoms with van der Waals surface area (Å²) in [7, 11) is 0. The van der Waals surface area contributed by atoms with E-state index in [2.05, 4.69) is 37.0 Å². The molecule has 2 fully saturated rings. The number of hydrogen-bond donors (Lipinski definition) is 3. The van der Waals surface area contributed by atoms with E-state index in [0.717, 1.165) is 16.9 Å². The number of H-pyrrole nitrogens is 1. The summed E-state index contributed by atoms with van der Waals surface area (Å²) >= 11 is 0. The highest BCUT2D eigenvalue weighted by Gasteiger charge is 2.45. The number of amides is 2. The Morgan fingerprint density at radius 2 is 1.87 bits per heavy atom. The van der Waals surface area contributed by atoms with Gasteiger partial charge in [-0.25, -0.2) is 13.8 Å². The Labute approximate surface area is 270 Å². The average molecular weight is 640 g/mol. The van der Waals surface area contributed by atoms with Gasteiger partial charge in [-0.05, 0) is 66.9 Å². The van der Waals surface area contributed by atoms with Crippen molar-refractivity contribution in [1.29, 1.82) is 0 Å². The predicted octanol–water partition coefficient (Wildman–Crippen LogP) is 3.98. The number of hydrogen-bond acceptors (Lipinski definition) is 8. The maximum absolute atomic E-state index is 15.9. The molecule has 6 rings (SSSR count). The van der Waals surface area contributed by atoms with Gasteiger partial charge in [0, 0.05) is 80.3 Å². The van der Waals surface area contributed by atoms with E-state index in [1.807, 2.05) is 12.1 Å². The number of likely N-dealkylation sites (tertiary alicyclic amines) is 1. The van der Waals surface area contributed by atoms with Gasteiger partial charge in [0.2, 0.25) is 11.6 Å². The van der Waals surface area contributed by atoms with Crippen molar-refractivity contribution >= 4 is 46.1 Å². The number of halogens is 2. The van der Waals surface area contributed by atoms with Gasteiger partial charge < -0.3 is 20.9 Å². The van der Waals surface area contributed by atoms with Crippen molar-refractivity contribution in [3.8, 4) is 11.3 Å². The number of carbonyl (C=O) groups is 2. The highest BCUT2D eigenvalue weighted by molar-refractivity contribution is 6.01. The van der Waals surface area contributed by atoms with E-state index >= 15 is 4.39 Å². The number of piperazine rings is 1. The number of nitrogens with zero attached hydrogens (tertiary/aromatic N) is 6. The summed E-state index contributed by atoms with van der Waals surface area (Å²) in [6.45, 7) is 6.33. The number of alkyl halides is 1. The molecule has 13 heteroatoms. The van der Waals surface area contributed by atoms with Crippen LogP contribution in [0.25, 0.3) is 27.9 Å². The number of allylic oxidation sites excluding steroid dienone is 1. The molecule has 2 saturated heterocycles. The monoisotopic (exact) mass is 639 g/mol. The van der Waals surface area contributed by atoms with Crippen LogP contribution in [0, 0.1) is 5.82 Å². The average Bonchev–Trinajstić information content (AvgIpc) is 3.69. The van der Waals surface area contributed by atoms with Gasteiger partial charge in [0.25, 0.3) is 5.91 Å². The molecule has 47 heavy (non-hydrogen) atoms. The van der Waals surface area contributed by atoms with Crippen LogP contribution in [0.3, 0.4) is 0 Å². The molecule has 2 amide bonds. The molecule has 4 heterocycles. The Kier molecular flexibility index (Phi) is 9.07. The van der Waals surface area contributed by atoms with Crippen LogP contribution in [0.4, 0.5) is 20.3 Å². The van der Waals surface area contributed by atoms with Crippen molar-refractivity contribution in [3.05, 3.63) is 91.0 Å². The molecular weight excluding hydrogens is 604 g/mol. The first-order chi connectivity index (χ1) is 22.7. The predicted molar refractivity (Wildman–Crippen MR) is 179 cm³/mol. The largest absolute Gasteiger partial charge is 0.405 e. The maximum Gasteiger partial charge on any atom is 0.263 e. The van der Waals surface area contributed by atoms with E-state index in [0.29, 0.717) is 60.8 Å². The Hall–Kier alpha value is -5.43. The van der Waals surface area contributed by atoms with Crippen LogP contribution < -0.4 is 16.0 Å². The Morgan fingerprint density at radius 1 is 1.09 bits per heavy atom. The van der Waals surface area contributed by atoms with E-state index < -0.39 is 11.6 Å². The van der Waals surface area contributed by atoms with Crippen molar-refractivity contribution < 1.29 is 18.4 Å². The van der Waals surface area contributed by atoms with E-state index in [1.165, 1.54) is 18.3 Å². The van der Waals surface area contributed by atoms with E-state index in [-0.39, 0.29) is 31.2 Å². The molecular formula is C34H35F2N9O2. The molecule has 2 aromatic carbocycles. The van der Waals surface area contributed by atoms with Gasteiger partial charge in [-0.3, -0.25) is 24.6 Å². The van der Waals surface area contributed by atoms with Gasteiger partial charge >= 0.3 is 0 Å². The highest BCUT2D eigenvalue weighted by Crippen LogP contribution is 2.31. The number of nitrogens with one attached hydrogen (secondary N) is 2. The number of aromatic nitrogens is 3. The van der Waals surface area contributed by atoms with Gasteiger partial charge in [0.05, 0.1) is 23.5 Å². The lowest BCUT2D eigenvalue weighted by Gasteiger charge is -2.36. The third-order valence-electron chi connectivity index (χ3n) is 8.47. The quantitative estimate of drug-likeness (QED) is 0.236. The second-order valence-corrected chi connectivity index (χ2v) is 11.6. The summed E-state index contributed by atoms with van der Waals surface area (Å²) < 4.78 is 29.3. The first-order valence-corrected chi connectivity index (χ1v) is 15.3. The Bertz CT molecular complexity index is 1830. The van der Waals surface area contributed by atoms with Crippen molar-refractivity contribution in [2.45, 2.75) is 12.1 Å². The normalized spacial score (nSPS) is 18.9. The lowest BCUT2D eigenvalue weighted by Crippen LogP contribution is -2.51. The van der Waals surface area contributed by atoms with Crippen LogP contribution in [0.5, 0.6) is 0 Å². The third-order valence-corrected chi connectivity index (χ3v) is 8.47. The number of nitrogens with two attached hydrogens (primary N) is 1. The fraction of sp³-hybridized carbons (Fsp3) is 0.265. The van der Waals surface area contributed by atoms with Crippen LogP contribution >= 0.6 is 0 Å². The van der Waals surface area contributed by atoms with Crippen LogP contribution in [0.15, 0.2) is 84.6 Å². The molecule has 4 aromatic rings. The number of aliphatic imine (C=N–C) groups is 1. The number of pyridine rings is 1. The summed E-state index contributed by atoms with van der Waals surface area (Å²) in [6.07, 6.45) is 6.26. The van der Waals surface area contributed by atoms with Crippen LogP contribution in [-0.2, 0) is 9.59 Å². The molecule has 1 atom stereocenters. The van der Waals surface area contributed by atoms with Gasteiger partial charge in [-0.1, -0.05) is 6.58 Å². The third kappa shape index (κ3) is 7.04. The maximum atomic E-state index is 15.9. The highest BCUT2D eigenvalue weighted by atomic mass is 19.1. The molecule has 4 N–H and O–H groups in total. The topological polar surface area (TPSA) is 136 Å². The van der Waals surface area contributed by atoms with Crippen LogP contribution in [-0.4, -0.2) is 94.5 Å². The first-order valence-electron chi connectivity index (χ1n) is 15.3. The van der Waals surface area contributed by atoms with Gasteiger partial charge in [0.15, 0.2) is 0 Å². The number of benzene rings is 2. The van der Waals surface area contributed by atoms with E-state index in [1.54, 1.807) is 58.6 Å². The standard InChI is InChI=1S/C34H35F2N9O2/c1-23(38-13-2-12-37)25-5-10-30(39-20-25)44-15-17-45(18-16-44)31(46)21-43-14-11-34(36,22-43)33(47)40-27-8-9-29-28(19-27)32(42-41-29)24-3-6-26(35)7-4-24/h2-10,12-13,19-20H,1,11,14-18,21-22,37H2,(H,40,47)(H,41,42)/b12-2-,38-13-. The molecule has 1 unspecified atom stereocenters. The molecule has 11 nitrogen and oxygen atoms in total. The summed E-state index contributed by atoms with van der Waals surface area (Å²) in [5.41, 5.74) is 6.98. The Morgan fingerprint density at radius 3 is 2.60 bits per heavy atom. The fourth-order valence-electron chi connectivity index (χ4n) is 5.81. The van der Waals surface area contributed by atoms with Crippen molar-refractivity contribution in [2.75, 3.05) is 56.0 Å². The molecule has 0 saturated carbocycles. The lowest BCUT2D eigenvalue weighted by molar-refractivity contribution is -0.133. The number of rotatable bonds is 9. The molecule has 0 bridgehead atoms. The number of fused-ring (bicyclic) bond motifs is 1. The van der Waals surface area contributed by atoms with Gasteiger partial charge in [-0.15, -0.1) is 0 Å². The van der Waals surface area contributed by atoms with E-state index in [9.17, 15) is 14.0 Å². The van der Waals surface area contributed by atoms with Crippen molar-refractivity contribution in [2.24, 2.45) is 10.7 Å². The fourth-order valence-corrected chi connectivity index (χ4v) is 5.81. The van der Waals surface area contributed by atoms with Gasteiger partial charge in [0.1, 0.15) is 11.6 Å². The molecule has 242 valence electrons. The number of aromatic amines is 1. The number of anilines is 2. The number of carbonyl (C=O) groups excluding carboxylic acids is 2. The first kappa shape index (κ1) is 31.5. The molecule has 2 aliphatic rings. The minimum atomic E-state index is -2.14. The summed E-state index contributed by atoms with van der Waals surface area (Å²) in [5.74, 6) is -0.414. The second-order valence-electron chi connectivity index (χ2n) is 11.6. The van der Waals surface area contributed by atoms with Gasteiger partial charge in [-0.2, -0.15) is 5.10 Å². The zero-order chi connectivity index (χ0) is 33.0. The lowest BCUT2D eigenvalue weighted by atomic mass is 10.0. The molecule has 2 aliphatic heterocycles. The zero-order valence-corrected chi connectivity index (χ0v) is 25.7. The van der Waals surface area contributed by atoms with E-state index in [4.69, 9.17) is 5.73 Å². The van der Waals surface area contributed by atoms with Crippen molar-refractivity contribution in [1.82, 2.24) is 25.0 Å². The Balaban J connectivity index is 1.00. The molecule has 0 radical (unpaired) electrons. The molecule has 0 spiro atoms. The minimum absolute atomic E-state index is 0.0161. The zero-order valence-electron chi connectivity index (χ0n) is 25.7. The molecule has 2 aromatic heterocycles. The smallest absolute Gasteiger partial charge is 0.263 e. The minimum Gasteiger partial charge on any atom is -0.405 e. The van der Waals surface area contributed by atoms with Crippen molar-refractivity contribution in [3.63, 3.8) is 0 Å². The van der Waals surface area contributed by atoms with Crippen LogP contribution in [0.1, 0.15) is 12.0 Å². The second kappa shape index (κ2) is 13.5. The SMILES string of the molecule is C=C(/N=C\C=C/N)c1ccc(N2CCN(C(=O)CN3CCC(F)(C(=O)Nc4ccc5[nH]nc(-c6ccc(F)cc6)c5c4)C3)CC2)nc1. The van der Waals surface area contributed by atoms with Crippen LogP contribution in [0.2, 0.25) is 0 Å². The summed E-state index contributed by atoms with van der Waals surface area (Å²) in [5, 5.41) is 10.7. The molecule has 0 aliphatic carbocycles. The summed E-state index contributed by atoms with van der Waals surface area (Å²) in [6, 6.07) is 14.9. The summed E-state index contributed by atoms with van der Waals surface area (Å²) in [4.78, 5) is 40.6.